The van der Waals surface area contributed by atoms with E-state index in [1.807, 2.05) is 30.3 Å². The van der Waals surface area contributed by atoms with E-state index in [0.717, 1.165) is 17.7 Å². The third kappa shape index (κ3) is 2.02. The quantitative estimate of drug-likeness (QED) is 0.774. The van der Waals surface area contributed by atoms with Gasteiger partial charge in [-0.3, -0.25) is 0 Å². The van der Waals surface area contributed by atoms with Crippen LogP contribution in [0.2, 0.25) is 0 Å². The fourth-order valence-corrected chi connectivity index (χ4v) is 1.71. The van der Waals surface area contributed by atoms with Gasteiger partial charge in [0.25, 0.3) is 0 Å². The molecule has 1 aromatic carbocycles. The molecule has 1 N–H and O–H groups in total. The number of halogens is 2. The molecule has 0 amide bonds. The minimum atomic E-state index is -0.417. The summed E-state index contributed by atoms with van der Waals surface area (Å²) in [5.41, 5.74) is 5.07. The van der Waals surface area contributed by atoms with Crippen LogP contribution in [0, 0.1) is 0 Å². The predicted molar refractivity (Wildman–Crippen MR) is 60.0 cm³/mol. The number of alkyl halides is 2. The van der Waals surface area contributed by atoms with Crippen LogP contribution >= 0.6 is 23.2 Å². The van der Waals surface area contributed by atoms with Gasteiger partial charge in [0.1, 0.15) is 4.84 Å². The number of hydrazone groups is 1. The van der Waals surface area contributed by atoms with Crippen molar-refractivity contribution in [1.29, 1.82) is 0 Å². The molecule has 1 aliphatic heterocycles. The van der Waals surface area contributed by atoms with E-state index in [2.05, 4.69) is 10.5 Å². The highest BCUT2D eigenvalue weighted by atomic mass is 35.5. The lowest BCUT2D eigenvalue weighted by molar-refractivity contribution is 0.619. The molecule has 1 atom stereocenters. The Morgan fingerprint density at radius 1 is 1.29 bits per heavy atom. The Bertz CT molecular complexity index is 335. The molecule has 14 heavy (non-hydrogen) atoms. The van der Waals surface area contributed by atoms with E-state index in [0.29, 0.717) is 0 Å². The first-order valence-electron chi connectivity index (χ1n) is 4.43. The fourth-order valence-electron chi connectivity index (χ4n) is 1.42. The number of nitrogens with one attached hydrogen (secondary N) is 1. The topological polar surface area (TPSA) is 24.4 Å². The van der Waals surface area contributed by atoms with E-state index >= 15 is 0 Å². The van der Waals surface area contributed by atoms with Gasteiger partial charge in [-0.05, 0) is 5.56 Å². The molecule has 1 aliphatic rings. The molecule has 74 valence electrons. The van der Waals surface area contributed by atoms with Gasteiger partial charge >= 0.3 is 0 Å². The Morgan fingerprint density at radius 3 is 2.57 bits per heavy atom. The molecular weight excluding hydrogens is 219 g/mol. The second kappa shape index (κ2) is 4.20. The molecule has 1 heterocycles. The normalized spacial score (nSPS) is 20.8. The first kappa shape index (κ1) is 9.81. The van der Waals surface area contributed by atoms with E-state index in [9.17, 15) is 0 Å². The highest BCUT2D eigenvalue weighted by Crippen LogP contribution is 2.19. The van der Waals surface area contributed by atoms with Crippen LogP contribution in [0.1, 0.15) is 12.0 Å². The van der Waals surface area contributed by atoms with Gasteiger partial charge in [0, 0.05) is 6.42 Å². The Kier molecular flexibility index (Phi) is 2.94. The summed E-state index contributed by atoms with van der Waals surface area (Å²) in [6, 6.07) is 10.1. The molecule has 0 aromatic heterocycles. The molecule has 0 aliphatic carbocycles. The summed E-state index contributed by atoms with van der Waals surface area (Å²) in [6.45, 7) is 0. The van der Waals surface area contributed by atoms with E-state index < -0.39 is 4.84 Å². The molecule has 2 rings (SSSR count). The number of nitrogens with zero attached hydrogens (tertiary/aromatic N) is 1. The largest absolute Gasteiger partial charge is 0.304 e. The Balaban J connectivity index is 2.09. The van der Waals surface area contributed by atoms with Crippen molar-refractivity contribution in [3.8, 4) is 0 Å². The predicted octanol–water partition coefficient (Wildman–Crippen LogP) is 2.56. The molecule has 2 nitrogen and oxygen atoms in total. The van der Waals surface area contributed by atoms with E-state index in [4.69, 9.17) is 23.2 Å². The van der Waals surface area contributed by atoms with Crippen LogP contribution in [0.15, 0.2) is 35.4 Å². The number of rotatable bonds is 2. The smallest absolute Gasteiger partial charge is 0.129 e. The highest BCUT2D eigenvalue weighted by molar-refractivity contribution is 6.45. The second-order valence-corrected chi connectivity index (χ2v) is 4.36. The van der Waals surface area contributed by atoms with Gasteiger partial charge in [0.2, 0.25) is 0 Å². The fraction of sp³-hybridized carbons (Fsp3) is 0.300. The lowest BCUT2D eigenvalue weighted by atomic mass is 10.1. The van der Waals surface area contributed by atoms with Gasteiger partial charge in [-0.15, -0.1) is 23.2 Å². The summed E-state index contributed by atoms with van der Waals surface area (Å²) in [5.74, 6) is 0. The minimum Gasteiger partial charge on any atom is -0.304 e. The lowest BCUT2D eigenvalue weighted by Crippen LogP contribution is -2.26. The third-order valence-electron chi connectivity index (χ3n) is 2.19. The van der Waals surface area contributed by atoms with E-state index in [1.54, 1.807) is 0 Å². The van der Waals surface area contributed by atoms with E-state index in [-0.39, 0.29) is 6.04 Å². The average molecular weight is 229 g/mol. The first-order valence-corrected chi connectivity index (χ1v) is 5.30. The van der Waals surface area contributed by atoms with Gasteiger partial charge < -0.3 is 5.43 Å². The Hall–Kier alpha value is -0.730. The van der Waals surface area contributed by atoms with Crippen LogP contribution in [-0.4, -0.2) is 16.6 Å². The maximum atomic E-state index is 5.77. The van der Waals surface area contributed by atoms with Crippen LogP contribution in [0.3, 0.4) is 0 Å². The molecule has 0 saturated carbocycles. The molecular formula is C10H10Cl2N2. The van der Waals surface area contributed by atoms with Crippen molar-refractivity contribution >= 4 is 28.9 Å². The summed E-state index contributed by atoms with van der Waals surface area (Å²) in [7, 11) is 0. The van der Waals surface area contributed by atoms with E-state index in [1.165, 1.54) is 0 Å². The summed E-state index contributed by atoms with van der Waals surface area (Å²) in [6.07, 6.45) is 0.779. The van der Waals surface area contributed by atoms with Crippen molar-refractivity contribution in [2.45, 2.75) is 17.3 Å². The van der Waals surface area contributed by atoms with Gasteiger partial charge in [-0.25, -0.2) is 0 Å². The van der Waals surface area contributed by atoms with Crippen molar-refractivity contribution in [3.63, 3.8) is 0 Å². The number of hydrogen-bond acceptors (Lipinski definition) is 2. The molecule has 0 radical (unpaired) electrons. The Morgan fingerprint density at radius 2 is 2.00 bits per heavy atom. The summed E-state index contributed by atoms with van der Waals surface area (Å²) in [5, 5.41) is 4.21. The van der Waals surface area contributed by atoms with Crippen LogP contribution in [0.25, 0.3) is 0 Å². The van der Waals surface area contributed by atoms with Crippen LogP contribution < -0.4 is 5.43 Å². The van der Waals surface area contributed by atoms with Gasteiger partial charge in [0.15, 0.2) is 0 Å². The number of hydrogen-bond donors (Lipinski definition) is 1. The molecule has 1 unspecified atom stereocenters. The molecule has 1 aromatic rings. The van der Waals surface area contributed by atoms with Crippen LogP contribution in [0.5, 0.6) is 0 Å². The number of benzene rings is 1. The van der Waals surface area contributed by atoms with Crippen molar-refractivity contribution in [3.05, 3.63) is 35.9 Å². The Labute approximate surface area is 92.9 Å². The minimum absolute atomic E-state index is 0.0357. The zero-order chi connectivity index (χ0) is 9.97. The maximum absolute atomic E-state index is 5.77. The molecule has 0 bridgehead atoms. The first-order chi connectivity index (χ1) is 6.77. The van der Waals surface area contributed by atoms with Crippen molar-refractivity contribution in [2.24, 2.45) is 5.10 Å². The summed E-state index contributed by atoms with van der Waals surface area (Å²) >= 11 is 11.5. The standard InChI is InChI=1S/C10H10Cl2N2/c11-10(12)9-6-8(13-14-9)7-4-2-1-3-5-7/h1-5,9-10,14H,6H2. The molecule has 0 fully saturated rings. The van der Waals surface area contributed by atoms with Gasteiger partial charge in [-0.1, -0.05) is 30.3 Å². The monoisotopic (exact) mass is 228 g/mol. The molecule has 0 spiro atoms. The third-order valence-corrected chi connectivity index (χ3v) is 2.80. The average Bonchev–Trinajstić information content (AvgIpc) is 2.68. The zero-order valence-corrected chi connectivity index (χ0v) is 8.96. The van der Waals surface area contributed by atoms with Crippen LogP contribution in [0.4, 0.5) is 0 Å². The SMILES string of the molecule is ClC(Cl)C1CC(c2ccccc2)=NN1. The van der Waals surface area contributed by atoms with Gasteiger partial charge in [-0.2, -0.15) is 5.10 Å². The van der Waals surface area contributed by atoms with Crippen molar-refractivity contribution < 1.29 is 0 Å². The highest BCUT2D eigenvalue weighted by Gasteiger charge is 2.24. The summed E-state index contributed by atoms with van der Waals surface area (Å²) in [4.78, 5) is -0.417. The lowest BCUT2D eigenvalue weighted by Gasteiger charge is -2.09. The summed E-state index contributed by atoms with van der Waals surface area (Å²) < 4.78 is 0. The second-order valence-electron chi connectivity index (χ2n) is 3.20. The maximum Gasteiger partial charge on any atom is 0.129 e. The zero-order valence-electron chi connectivity index (χ0n) is 7.45. The van der Waals surface area contributed by atoms with Crippen LogP contribution in [-0.2, 0) is 0 Å². The molecule has 0 saturated heterocycles. The van der Waals surface area contributed by atoms with Gasteiger partial charge in [0.05, 0.1) is 11.8 Å². The van der Waals surface area contributed by atoms with Crippen molar-refractivity contribution in [2.75, 3.05) is 0 Å². The van der Waals surface area contributed by atoms with Crippen molar-refractivity contribution in [1.82, 2.24) is 5.43 Å². The molecule has 4 heteroatoms.